The monoisotopic (exact) mass is 220 g/mol. The number of likely N-dealkylation sites (N-methyl/N-ethyl adjacent to an activating group) is 1. The molecule has 0 radical (unpaired) electrons. The Bertz CT molecular complexity index is 317. The quantitative estimate of drug-likeness (QED) is 0.794. The highest BCUT2D eigenvalue weighted by molar-refractivity contribution is 5.52. The largest absolute Gasteiger partial charge is 0.399 e. The van der Waals surface area contributed by atoms with E-state index in [1.54, 1.807) is 0 Å². The van der Waals surface area contributed by atoms with Gasteiger partial charge in [-0.25, -0.2) is 0 Å². The summed E-state index contributed by atoms with van der Waals surface area (Å²) in [5, 5.41) is 0. The average molecular weight is 220 g/mol. The average Bonchev–Trinajstić information content (AvgIpc) is 2.31. The third kappa shape index (κ3) is 2.89. The minimum absolute atomic E-state index is 0.385. The number of benzene rings is 1. The Morgan fingerprint density at radius 3 is 2.69 bits per heavy atom. The number of nitrogen functional groups attached to an aromatic ring is 1. The molecule has 1 aliphatic rings. The number of ether oxygens (including phenoxy) is 1. The molecule has 1 heterocycles. The highest BCUT2D eigenvalue weighted by Gasteiger charge is 2.15. The summed E-state index contributed by atoms with van der Waals surface area (Å²) in [5.74, 6) is 0. The topological polar surface area (TPSA) is 38.5 Å². The van der Waals surface area contributed by atoms with E-state index in [0.717, 1.165) is 18.8 Å². The van der Waals surface area contributed by atoms with E-state index in [2.05, 4.69) is 24.1 Å². The van der Waals surface area contributed by atoms with Gasteiger partial charge in [0.1, 0.15) is 0 Å². The standard InChI is InChI=1S/C13H20N2O/c1-15(10-13-4-2-3-9-16-13)12-7-5-11(14)6-8-12/h5-8,13H,2-4,9-10,14H2,1H3. The third-order valence-corrected chi connectivity index (χ3v) is 3.09. The van der Waals surface area contributed by atoms with Crippen LogP contribution in [0.5, 0.6) is 0 Å². The summed E-state index contributed by atoms with van der Waals surface area (Å²) in [6.45, 7) is 1.88. The van der Waals surface area contributed by atoms with E-state index in [1.807, 2.05) is 12.1 Å². The Morgan fingerprint density at radius 1 is 1.31 bits per heavy atom. The van der Waals surface area contributed by atoms with Crippen molar-refractivity contribution in [3.63, 3.8) is 0 Å². The van der Waals surface area contributed by atoms with E-state index in [9.17, 15) is 0 Å². The van der Waals surface area contributed by atoms with E-state index in [-0.39, 0.29) is 0 Å². The first kappa shape index (κ1) is 11.3. The lowest BCUT2D eigenvalue weighted by molar-refractivity contribution is 0.0216. The molecule has 1 aromatic carbocycles. The van der Waals surface area contributed by atoms with Crippen LogP contribution in [0.15, 0.2) is 24.3 Å². The van der Waals surface area contributed by atoms with Gasteiger partial charge in [0.2, 0.25) is 0 Å². The van der Waals surface area contributed by atoms with Crippen LogP contribution in [0.3, 0.4) is 0 Å². The van der Waals surface area contributed by atoms with E-state index in [4.69, 9.17) is 10.5 Å². The van der Waals surface area contributed by atoms with Gasteiger partial charge >= 0.3 is 0 Å². The molecule has 1 aliphatic heterocycles. The molecule has 1 unspecified atom stereocenters. The third-order valence-electron chi connectivity index (χ3n) is 3.09. The van der Waals surface area contributed by atoms with Gasteiger partial charge in [0.15, 0.2) is 0 Å². The van der Waals surface area contributed by atoms with Crippen molar-refractivity contribution < 1.29 is 4.74 Å². The van der Waals surface area contributed by atoms with Crippen LogP contribution in [0.4, 0.5) is 11.4 Å². The van der Waals surface area contributed by atoms with Crippen LogP contribution < -0.4 is 10.6 Å². The molecule has 1 saturated heterocycles. The van der Waals surface area contributed by atoms with Crippen LogP contribution in [0.1, 0.15) is 19.3 Å². The maximum Gasteiger partial charge on any atom is 0.0749 e. The molecule has 1 aromatic rings. The van der Waals surface area contributed by atoms with Gasteiger partial charge in [-0.05, 0) is 43.5 Å². The minimum atomic E-state index is 0.385. The highest BCUT2D eigenvalue weighted by Crippen LogP contribution is 2.18. The van der Waals surface area contributed by atoms with Crippen molar-refractivity contribution in [1.29, 1.82) is 0 Å². The molecule has 0 aliphatic carbocycles. The molecule has 2 N–H and O–H groups in total. The first-order chi connectivity index (χ1) is 7.75. The van der Waals surface area contributed by atoms with E-state index >= 15 is 0 Å². The van der Waals surface area contributed by atoms with Crippen LogP contribution in [-0.2, 0) is 4.74 Å². The van der Waals surface area contributed by atoms with E-state index in [1.165, 1.54) is 24.9 Å². The first-order valence-electron chi connectivity index (χ1n) is 5.94. The van der Waals surface area contributed by atoms with Gasteiger partial charge in [-0.15, -0.1) is 0 Å². The molecular weight excluding hydrogens is 200 g/mol. The van der Waals surface area contributed by atoms with Crippen molar-refractivity contribution in [3.05, 3.63) is 24.3 Å². The Morgan fingerprint density at radius 2 is 2.06 bits per heavy atom. The Labute approximate surface area is 97.2 Å². The van der Waals surface area contributed by atoms with Crippen molar-refractivity contribution in [2.75, 3.05) is 30.8 Å². The second-order valence-corrected chi connectivity index (χ2v) is 4.46. The van der Waals surface area contributed by atoms with Crippen LogP contribution in [0.25, 0.3) is 0 Å². The highest BCUT2D eigenvalue weighted by atomic mass is 16.5. The maximum absolute atomic E-state index is 5.73. The molecule has 1 atom stereocenters. The molecular formula is C13H20N2O. The number of nitrogens with zero attached hydrogens (tertiary/aromatic N) is 1. The lowest BCUT2D eigenvalue weighted by atomic mass is 10.1. The fraction of sp³-hybridized carbons (Fsp3) is 0.538. The molecule has 0 spiro atoms. The zero-order chi connectivity index (χ0) is 11.4. The zero-order valence-electron chi connectivity index (χ0n) is 9.86. The summed E-state index contributed by atoms with van der Waals surface area (Å²) in [5.41, 5.74) is 7.68. The second kappa shape index (κ2) is 5.21. The summed E-state index contributed by atoms with van der Waals surface area (Å²) in [6.07, 6.45) is 4.07. The van der Waals surface area contributed by atoms with Crippen molar-refractivity contribution in [2.45, 2.75) is 25.4 Å². The number of nitrogens with two attached hydrogens (primary N) is 1. The second-order valence-electron chi connectivity index (χ2n) is 4.46. The molecule has 16 heavy (non-hydrogen) atoms. The van der Waals surface area contributed by atoms with Crippen LogP contribution in [0.2, 0.25) is 0 Å². The van der Waals surface area contributed by atoms with Gasteiger partial charge in [0, 0.05) is 31.6 Å². The summed E-state index contributed by atoms with van der Waals surface area (Å²) >= 11 is 0. The molecule has 1 fully saturated rings. The fourth-order valence-corrected chi connectivity index (χ4v) is 2.09. The Hall–Kier alpha value is -1.22. The van der Waals surface area contributed by atoms with Crippen molar-refractivity contribution in [3.8, 4) is 0 Å². The predicted molar refractivity (Wildman–Crippen MR) is 67.7 cm³/mol. The summed E-state index contributed by atoms with van der Waals surface area (Å²) in [4.78, 5) is 2.23. The minimum Gasteiger partial charge on any atom is -0.399 e. The predicted octanol–water partition coefficient (Wildman–Crippen LogP) is 2.27. The lowest BCUT2D eigenvalue weighted by Gasteiger charge is -2.28. The Balaban J connectivity index is 1.91. The van der Waals surface area contributed by atoms with Crippen LogP contribution >= 0.6 is 0 Å². The summed E-state index contributed by atoms with van der Waals surface area (Å²) in [7, 11) is 2.10. The smallest absolute Gasteiger partial charge is 0.0749 e. The van der Waals surface area contributed by atoms with Crippen molar-refractivity contribution in [2.24, 2.45) is 0 Å². The zero-order valence-corrected chi connectivity index (χ0v) is 9.86. The SMILES string of the molecule is CN(CC1CCCCO1)c1ccc(N)cc1. The molecule has 0 amide bonds. The van der Waals surface area contributed by atoms with Crippen molar-refractivity contribution in [1.82, 2.24) is 0 Å². The van der Waals surface area contributed by atoms with Gasteiger partial charge in [-0.1, -0.05) is 0 Å². The normalized spacial score (nSPS) is 20.7. The van der Waals surface area contributed by atoms with Gasteiger partial charge in [-0.2, -0.15) is 0 Å². The number of hydrogen-bond donors (Lipinski definition) is 1. The van der Waals surface area contributed by atoms with E-state index < -0.39 is 0 Å². The van der Waals surface area contributed by atoms with Gasteiger partial charge < -0.3 is 15.4 Å². The molecule has 3 nitrogen and oxygen atoms in total. The molecule has 0 saturated carbocycles. The van der Waals surface area contributed by atoms with Crippen molar-refractivity contribution >= 4 is 11.4 Å². The molecule has 2 rings (SSSR count). The van der Waals surface area contributed by atoms with Crippen LogP contribution in [0, 0.1) is 0 Å². The number of anilines is 2. The lowest BCUT2D eigenvalue weighted by Crippen LogP contribution is -2.33. The fourth-order valence-electron chi connectivity index (χ4n) is 2.09. The van der Waals surface area contributed by atoms with E-state index in [0.29, 0.717) is 6.10 Å². The summed E-state index contributed by atoms with van der Waals surface area (Å²) < 4.78 is 5.73. The number of hydrogen-bond acceptors (Lipinski definition) is 3. The Kier molecular flexibility index (Phi) is 3.67. The van der Waals surface area contributed by atoms with Gasteiger partial charge in [-0.3, -0.25) is 0 Å². The molecule has 0 aromatic heterocycles. The molecule has 0 bridgehead atoms. The van der Waals surface area contributed by atoms with Crippen LogP contribution in [-0.4, -0.2) is 26.3 Å². The molecule has 3 heteroatoms. The van der Waals surface area contributed by atoms with Gasteiger partial charge in [0.05, 0.1) is 6.10 Å². The maximum atomic E-state index is 5.73. The first-order valence-corrected chi connectivity index (χ1v) is 5.94. The summed E-state index contributed by atoms with van der Waals surface area (Å²) in [6, 6.07) is 7.98. The number of rotatable bonds is 3. The molecule has 88 valence electrons. The van der Waals surface area contributed by atoms with Gasteiger partial charge in [0.25, 0.3) is 0 Å².